The third-order valence-corrected chi connectivity index (χ3v) is 3.19. The number of aromatic carboxylic acids is 1. The number of rotatable bonds is 7. The Morgan fingerprint density at radius 2 is 1.95 bits per heavy atom. The second kappa shape index (κ2) is 7.47. The van der Waals surface area contributed by atoms with E-state index in [1.165, 1.54) is 16.8 Å². The highest BCUT2D eigenvalue weighted by molar-refractivity contribution is 5.89. The summed E-state index contributed by atoms with van der Waals surface area (Å²) >= 11 is 0. The number of nitrogens with zero attached hydrogens (tertiary/aromatic N) is 2. The van der Waals surface area contributed by atoms with Crippen molar-refractivity contribution in [1.82, 2.24) is 14.8 Å². The molecule has 1 heterocycles. The van der Waals surface area contributed by atoms with Crippen LogP contribution in [0.4, 0.5) is 0 Å². The molecule has 0 aliphatic heterocycles. The van der Waals surface area contributed by atoms with Gasteiger partial charge in [-0.2, -0.15) is 0 Å². The molecular weight excluding hydrogens is 274 g/mol. The number of nitrogens with one attached hydrogen (secondary N) is 1. The monoisotopic (exact) mass is 295 g/mol. The van der Waals surface area contributed by atoms with Crippen molar-refractivity contribution in [3.8, 4) is 0 Å². The Hall–Kier alpha value is -2.31. The van der Waals surface area contributed by atoms with Crippen molar-refractivity contribution in [3.63, 3.8) is 0 Å². The summed E-state index contributed by atoms with van der Waals surface area (Å²) in [6.45, 7) is 6.38. The van der Waals surface area contributed by atoms with Gasteiger partial charge in [0.05, 0.1) is 0 Å². The van der Waals surface area contributed by atoms with Crippen LogP contribution in [0.5, 0.6) is 0 Å². The Kier molecular flexibility index (Phi) is 5.95. The Morgan fingerprint density at radius 1 is 1.33 bits per heavy atom. The van der Waals surface area contributed by atoms with E-state index in [-0.39, 0.29) is 18.1 Å². The first kappa shape index (κ1) is 16.7. The number of aromatic nitrogens is 1. The SMILES string of the molecule is CCN(CC)C(=O)C(C)NC(=O)Cn1cccc1C(=O)O. The highest BCUT2D eigenvalue weighted by Crippen LogP contribution is 2.02. The van der Waals surface area contributed by atoms with Gasteiger partial charge in [-0.25, -0.2) is 4.79 Å². The molecule has 0 aromatic carbocycles. The van der Waals surface area contributed by atoms with E-state index in [1.807, 2.05) is 13.8 Å². The summed E-state index contributed by atoms with van der Waals surface area (Å²) < 4.78 is 1.33. The van der Waals surface area contributed by atoms with E-state index in [9.17, 15) is 14.4 Å². The lowest BCUT2D eigenvalue weighted by molar-refractivity contribution is -0.135. The first-order valence-electron chi connectivity index (χ1n) is 6.87. The average molecular weight is 295 g/mol. The molecule has 7 nitrogen and oxygen atoms in total. The van der Waals surface area contributed by atoms with Crippen LogP contribution in [-0.2, 0) is 16.1 Å². The van der Waals surface area contributed by atoms with Crippen molar-refractivity contribution in [1.29, 1.82) is 0 Å². The van der Waals surface area contributed by atoms with E-state index in [4.69, 9.17) is 5.11 Å². The van der Waals surface area contributed by atoms with Gasteiger partial charge >= 0.3 is 5.97 Å². The summed E-state index contributed by atoms with van der Waals surface area (Å²) in [6, 6.07) is 2.34. The van der Waals surface area contributed by atoms with Crippen LogP contribution in [-0.4, -0.2) is 51.5 Å². The third kappa shape index (κ3) is 4.34. The molecule has 1 aromatic heterocycles. The first-order valence-corrected chi connectivity index (χ1v) is 6.87. The largest absolute Gasteiger partial charge is 0.477 e. The van der Waals surface area contributed by atoms with Crippen LogP contribution in [0.25, 0.3) is 0 Å². The third-order valence-electron chi connectivity index (χ3n) is 3.19. The van der Waals surface area contributed by atoms with E-state index in [2.05, 4.69) is 5.32 Å². The van der Waals surface area contributed by atoms with Crippen LogP contribution in [0.2, 0.25) is 0 Å². The molecule has 0 aliphatic rings. The second-order valence-electron chi connectivity index (χ2n) is 4.63. The molecular formula is C14H21N3O4. The molecule has 2 N–H and O–H groups in total. The average Bonchev–Trinajstić information content (AvgIpc) is 2.87. The molecule has 0 spiro atoms. The minimum atomic E-state index is -1.10. The minimum Gasteiger partial charge on any atom is -0.477 e. The molecule has 0 saturated carbocycles. The fourth-order valence-electron chi connectivity index (χ4n) is 2.06. The maximum atomic E-state index is 12.0. The van der Waals surface area contributed by atoms with E-state index in [0.29, 0.717) is 13.1 Å². The lowest BCUT2D eigenvalue weighted by Gasteiger charge is -2.23. The zero-order valence-corrected chi connectivity index (χ0v) is 12.5. The van der Waals surface area contributed by atoms with Crippen molar-refractivity contribution in [2.24, 2.45) is 0 Å². The Morgan fingerprint density at radius 3 is 2.48 bits per heavy atom. The van der Waals surface area contributed by atoms with Crippen LogP contribution < -0.4 is 5.32 Å². The molecule has 1 aromatic rings. The fourth-order valence-corrected chi connectivity index (χ4v) is 2.06. The number of carboxylic acid groups (broad SMARTS) is 1. The zero-order valence-electron chi connectivity index (χ0n) is 12.5. The molecule has 7 heteroatoms. The quantitative estimate of drug-likeness (QED) is 0.769. The van der Waals surface area contributed by atoms with Gasteiger partial charge in [-0.15, -0.1) is 0 Å². The number of amides is 2. The lowest BCUT2D eigenvalue weighted by Crippen LogP contribution is -2.47. The fraction of sp³-hybridized carbons (Fsp3) is 0.500. The summed E-state index contributed by atoms with van der Waals surface area (Å²) in [4.78, 5) is 36.5. The van der Waals surface area contributed by atoms with Gasteiger partial charge in [-0.1, -0.05) is 0 Å². The molecule has 116 valence electrons. The Bertz CT molecular complexity index is 520. The zero-order chi connectivity index (χ0) is 16.0. The van der Waals surface area contributed by atoms with Crippen LogP contribution in [0, 0.1) is 0 Å². The number of carboxylic acids is 1. The first-order chi connectivity index (χ1) is 9.90. The summed E-state index contributed by atoms with van der Waals surface area (Å²) in [5.74, 6) is -1.65. The van der Waals surface area contributed by atoms with Crippen LogP contribution in [0.3, 0.4) is 0 Å². The molecule has 0 saturated heterocycles. The number of hydrogen-bond donors (Lipinski definition) is 2. The summed E-state index contributed by atoms with van der Waals surface area (Å²) in [5.41, 5.74) is 0.0351. The molecule has 0 radical (unpaired) electrons. The lowest BCUT2D eigenvalue weighted by atomic mass is 10.2. The van der Waals surface area contributed by atoms with Crippen LogP contribution in [0.15, 0.2) is 18.3 Å². The number of hydrogen-bond acceptors (Lipinski definition) is 3. The van der Waals surface area contributed by atoms with Crippen molar-refractivity contribution < 1.29 is 19.5 Å². The molecule has 1 atom stereocenters. The summed E-state index contributed by atoms with van der Waals surface area (Å²) in [6.07, 6.45) is 1.51. The maximum absolute atomic E-state index is 12.0. The topological polar surface area (TPSA) is 91.6 Å². The van der Waals surface area contributed by atoms with Crippen LogP contribution in [0.1, 0.15) is 31.3 Å². The highest BCUT2D eigenvalue weighted by Gasteiger charge is 2.20. The Labute approximate surface area is 123 Å². The van der Waals surface area contributed by atoms with Gasteiger partial charge in [0.1, 0.15) is 18.3 Å². The summed E-state index contributed by atoms with van der Waals surface area (Å²) in [7, 11) is 0. The number of likely N-dealkylation sites (N-methyl/N-ethyl adjacent to an activating group) is 1. The van der Waals surface area contributed by atoms with Crippen LogP contribution >= 0.6 is 0 Å². The van der Waals surface area contributed by atoms with Gasteiger partial charge in [0.15, 0.2) is 0 Å². The standard InChI is InChI=1S/C14H21N3O4/c1-4-16(5-2)13(19)10(3)15-12(18)9-17-8-6-7-11(17)14(20)21/h6-8,10H,4-5,9H2,1-3H3,(H,15,18)(H,20,21). The van der Waals surface area contributed by atoms with Gasteiger partial charge in [-0.05, 0) is 32.9 Å². The molecule has 0 aliphatic carbocycles. The van der Waals surface area contributed by atoms with E-state index >= 15 is 0 Å². The van der Waals surface area contributed by atoms with Gasteiger partial charge in [0, 0.05) is 19.3 Å². The molecule has 0 bridgehead atoms. The Balaban J connectivity index is 2.63. The molecule has 0 fully saturated rings. The predicted molar refractivity (Wildman–Crippen MR) is 76.9 cm³/mol. The van der Waals surface area contributed by atoms with E-state index < -0.39 is 17.9 Å². The highest BCUT2D eigenvalue weighted by atomic mass is 16.4. The van der Waals surface area contributed by atoms with Gasteiger partial charge < -0.3 is 19.9 Å². The van der Waals surface area contributed by atoms with Gasteiger partial charge in [-0.3, -0.25) is 9.59 Å². The van der Waals surface area contributed by atoms with Crippen molar-refractivity contribution >= 4 is 17.8 Å². The molecule has 21 heavy (non-hydrogen) atoms. The number of carbonyl (C=O) groups excluding carboxylic acids is 2. The minimum absolute atomic E-state index is 0.0351. The smallest absolute Gasteiger partial charge is 0.352 e. The maximum Gasteiger partial charge on any atom is 0.352 e. The molecule has 2 amide bonds. The normalized spacial score (nSPS) is 11.8. The van der Waals surface area contributed by atoms with Gasteiger partial charge in [0.2, 0.25) is 11.8 Å². The second-order valence-corrected chi connectivity index (χ2v) is 4.63. The van der Waals surface area contributed by atoms with E-state index in [1.54, 1.807) is 17.9 Å². The van der Waals surface area contributed by atoms with Gasteiger partial charge in [0.25, 0.3) is 0 Å². The predicted octanol–water partition coefficient (Wildman–Crippen LogP) is 0.559. The molecule has 1 rings (SSSR count). The molecule has 1 unspecified atom stereocenters. The van der Waals surface area contributed by atoms with Crippen molar-refractivity contribution in [2.75, 3.05) is 13.1 Å². The van der Waals surface area contributed by atoms with E-state index in [0.717, 1.165) is 0 Å². The van der Waals surface area contributed by atoms with Crippen molar-refractivity contribution in [2.45, 2.75) is 33.4 Å². The number of carbonyl (C=O) groups is 3. The summed E-state index contributed by atoms with van der Waals surface area (Å²) in [5, 5.41) is 11.6. The van der Waals surface area contributed by atoms with Crippen molar-refractivity contribution in [3.05, 3.63) is 24.0 Å².